The highest BCUT2D eigenvalue weighted by atomic mass is 79.9. The predicted octanol–water partition coefficient (Wildman–Crippen LogP) is 1.88. The molecule has 1 aromatic rings. The van der Waals surface area contributed by atoms with Crippen molar-refractivity contribution in [1.82, 2.24) is 4.98 Å². The first-order valence-electron chi connectivity index (χ1n) is 2.80. The molecule has 0 spiro atoms. The number of hydrogen-bond acceptors (Lipinski definition) is 2. The van der Waals surface area contributed by atoms with Crippen LogP contribution in [0.5, 0.6) is 0 Å². The molecule has 5 heteroatoms. The van der Waals surface area contributed by atoms with Crippen molar-refractivity contribution >= 4 is 27.9 Å². The zero-order chi connectivity index (χ0) is 8.27. The van der Waals surface area contributed by atoms with Crippen molar-refractivity contribution in [2.45, 2.75) is 0 Å². The van der Waals surface area contributed by atoms with Gasteiger partial charge in [-0.15, -0.1) is 0 Å². The Balaban J connectivity index is 2.85. The van der Waals surface area contributed by atoms with Crippen molar-refractivity contribution in [1.29, 1.82) is 0 Å². The molecule has 0 bridgehead atoms. The van der Waals surface area contributed by atoms with Gasteiger partial charge in [0.05, 0.1) is 28.0 Å². The molecular formula is C6H5BrN2O2. The van der Waals surface area contributed by atoms with E-state index in [1.54, 1.807) is 18.3 Å². The number of aromatic nitrogens is 1. The fourth-order valence-corrected chi connectivity index (χ4v) is 0.790. The third kappa shape index (κ3) is 1.91. The molecule has 1 heterocycles. The van der Waals surface area contributed by atoms with E-state index in [-0.39, 0.29) is 0 Å². The van der Waals surface area contributed by atoms with E-state index in [0.717, 1.165) is 3.93 Å². The van der Waals surface area contributed by atoms with Gasteiger partial charge < -0.3 is 5.11 Å². The van der Waals surface area contributed by atoms with Crippen LogP contribution in [0.15, 0.2) is 24.5 Å². The van der Waals surface area contributed by atoms with Gasteiger partial charge in [0.25, 0.3) is 0 Å². The van der Waals surface area contributed by atoms with Crippen LogP contribution < -0.4 is 3.93 Å². The first kappa shape index (κ1) is 8.00. The van der Waals surface area contributed by atoms with Gasteiger partial charge in [-0.25, -0.2) is 8.72 Å². The highest BCUT2D eigenvalue weighted by Gasteiger charge is 2.08. The van der Waals surface area contributed by atoms with Crippen molar-refractivity contribution in [2.24, 2.45) is 0 Å². The topological polar surface area (TPSA) is 53.4 Å². The zero-order valence-electron chi connectivity index (χ0n) is 5.44. The maximum absolute atomic E-state index is 10.4. The number of nitrogens with zero attached hydrogens (tertiary/aromatic N) is 2. The predicted molar refractivity (Wildman–Crippen MR) is 43.7 cm³/mol. The summed E-state index contributed by atoms with van der Waals surface area (Å²) in [4.78, 5) is 14.1. The first-order valence-corrected chi connectivity index (χ1v) is 3.51. The van der Waals surface area contributed by atoms with Crippen molar-refractivity contribution < 1.29 is 9.90 Å². The second-order valence-electron chi connectivity index (χ2n) is 1.77. The number of amides is 1. The Bertz CT molecular complexity index is 252. The number of carboxylic acid groups (broad SMARTS) is 1. The van der Waals surface area contributed by atoms with Gasteiger partial charge >= 0.3 is 6.09 Å². The number of carbonyl (C=O) groups is 1. The SMILES string of the molecule is O=C(O)N(Br)c1cccnc1. The molecule has 0 saturated carbocycles. The van der Waals surface area contributed by atoms with E-state index in [0.29, 0.717) is 5.69 Å². The van der Waals surface area contributed by atoms with Gasteiger partial charge in [-0.05, 0) is 12.1 Å². The van der Waals surface area contributed by atoms with Crippen LogP contribution in [-0.2, 0) is 0 Å². The van der Waals surface area contributed by atoms with Crippen LogP contribution in [0.3, 0.4) is 0 Å². The van der Waals surface area contributed by atoms with E-state index in [2.05, 4.69) is 21.1 Å². The maximum atomic E-state index is 10.4. The summed E-state index contributed by atoms with van der Waals surface area (Å²) in [5.41, 5.74) is 0.486. The molecule has 58 valence electrons. The van der Waals surface area contributed by atoms with Crippen LogP contribution in [-0.4, -0.2) is 16.2 Å². The molecule has 0 aliphatic heterocycles. The monoisotopic (exact) mass is 216 g/mol. The molecule has 0 fully saturated rings. The standard InChI is InChI=1S/C6H5BrN2O2/c7-9(6(10)11)5-2-1-3-8-4-5/h1-4H,(H,10,11). The second kappa shape index (κ2) is 3.34. The van der Waals surface area contributed by atoms with E-state index in [1.165, 1.54) is 6.20 Å². The summed E-state index contributed by atoms with van der Waals surface area (Å²) >= 11 is 2.84. The summed E-state index contributed by atoms with van der Waals surface area (Å²) in [5.74, 6) is 0. The Hall–Kier alpha value is -1.10. The third-order valence-electron chi connectivity index (χ3n) is 1.04. The summed E-state index contributed by atoms with van der Waals surface area (Å²) < 4.78 is 0.917. The average Bonchev–Trinajstić information content (AvgIpc) is 2.05. The lowest BCUT2D eigenvalue weighted by Crippen LogP contribution is -2.16. The van der Waals surface area contributed by atoms with Gasteiger partial charge in [0.1, 0.15) is 0 Å². The Morgan fingerprint density at radius 1 is 1.73 bits per heavy atom. The molecule has 1 rings (SSSR count). The molecule has 4 nitrogen and oxygen atoms in total. The summed E-state index contributed by atoms with van der Waals surface area (Å²) in [5, 5.41) is 8.49. The van der Waals surface area contributed by atoms with Gasteiger partial charge in [0, 0.05) is 6.20 Å². The minimum absolute atomic E-state index is 0.486. The molecule has 0 radical (unpaired) electrons. The molecular weight excluding hydrogens is 212 g/mol. The summed E-state index contributed by atoms with van der Waals surface area (Å²) in [7, 11) is 0. The van der Waals surface area contributed by atoms with Gasteiger partial charge in [-0.3, -0.25) is 4.98 Å². The molecule has 0 aliphatic carbocycles. The second-order valence-corrected chi connectivity index (χ2v) is 2.48. The van der Waals surface area contributed by atoms with Gasteiger partial charge in [0.15, 0.2) is 0 Å². The molecule has 1 N–H and O–H groups in total. The lowest BCUT2D eigenvalue weighted by Gasteiger charge is -2.07. The molecule has 1 aromatic heterocycles. The fraction of sp³-hybridized carbons (Fsp3) is 0. The largest absolute Gasteiger partial charge is 0.464 e. The Labute approximate surface area is 71.8 Å². The van der Waals surface area contributed by atoms with Crippen LogP contribution in [0.1, 0.15) is 0 Å². The van der Waals surface area contributed by atoms with Gasteiger partial charge in [-0.2, -0.15) is 0 Å². The van der Waals surface area contributed by atoms with Crippen LogP contribution in [0.25, 0.3) is 0 Å². The molecule has 0 atom stereocenters. The highest BCUT2D eigenvalue weighted by molar-refractivity contribution is 9.10. The van der Waals surface area contributed by atoms with Crippen molar-refractivity contribution in [3.63, 3.8) is 0 Å². The molecule has 11 heavy (non-hydrogen) atoms. The van der Waals surface area contributed by atoms with Crippen molar-refractivity contribution in [3.05, 3.63) is 24.5 Å². The highest BCUT2D eigenvalue weighted by Crippen LogP contribution is 2.15. The number of pyridine rings is 1. The summed E-state index contributed by atoms with van der Waals surface area (Å²) in [6.45, 7) is 0. The van der Waals surface area contributed by atoms with E-state index in [1.807, 2.05) is 0 Å². The number of anilines is 1. The lowest BCUT2D eigenvalue weighted by atomic mass is 10.4. The molecule has 0 aliphatic rings. The first-order chi connectivity index (χ1) is 5.22. The number of halogens is 1. The van der Waals surface area contributed by atoms with Crippen LogP contribution in [0.4, 0.5) is 10.5 Å². The zero-order valence-corrected chi connectivity index (χ0v) is 7.02. The van der Waals surface area contributed by atoms with E-state index in [4.69, 9.17) is 5.11 Å². The van der Waals surface area contributed by atoms with Crippen molar-refractivity contribution in [2.75, 3.05) is 3.93 Å². The Morgan fingerprint density at radius 3 is 2.91 bits per heavy atom. The third-order valence-corrected chi connectivity index (χ3v) is 1.75. The van der Waals surface area contributed by atoms with Gasteiger partial charge in [-0.1, -0.05) is 0 Å². The minimum atomic E-state index is -1.07. The molecule has 0 aromatic carbocycles. The quantitative estimate of drug-likeness (QED) is 0.730. The van der Waals surface area contributed by atoms with Crippen LogP contribution in [0, 0.1) is 0 Å². The maximum Gasteiger partial charge on any atom is 0.422 e. The Kier molecular flexibility index (Phi) is 2.43. The Morgan fingerprint density at radius 2 is 2.45 bits per heavy atom. The van der Waals surface area contributed by atoms with E-state index in [9.17, 15) is 4.79 Å². The van der Waals surface area contributed by atoms with Crippen LogP contribution in [0.2, 0.25) is 0 Å². The van der Waals surface area contributed by atoms with Crippen LogP contribution >= 0.6 is 16.1 Å². The fourth-order valence-electron chi connectivity index (χ4n) is 0.580. The molecule has 1 amide bonds. The van der Waals surface area contributed by atoms with E-state index < -0.39 is 6.09 Å². The molecule has 0 unspecified atom stereocenters. The molecule has 0 saturated heterocycles. The van der Waals surface area contributed by atoms with Gasteiger partial charge in [0.2, 0.25) is 0 Å². The van der Waals surface area contributed by atoms with Crippen molar-refractivity contribution in [3.8, 4) is 0 Å². The van der Waals surface area contributed by atoms with E-state index >= 15 is 0 Å². The lowest BCUT2D eigenvalue weighted by molar-refractivity contribution is 0.207. The smallest absolute Gasteiger partial charge is 0.422 e. The number of rotatable bonds is 1. The summed E-state index contributed by atoms with van der Waals surface area (Å²) in [6, 6.07) is 3.29. The minimum Gasteiger partial charge on any atom is -0.464 e. The summed E-state index contributed by atoms with van der Waals surface area (Å²) in [6.07, 6.45) is 1.95. The normalized spacial score (nSPS) is 9.18. The average molecular weight is 217 g/mol. The number of hydrogen-bond donors (Lipinski definition) is 1.